The quantitative estimate of drug-likeness (QED) is 0.104. The zero-order valence-electron chi connectivity index (χ0n) is 24.8. The minimum absolute atomic E-state index is 0.00716. The molecular formula is C31H56N3O5+. The summed E-state index contributed by atoms with van der Waals surface area (Å²) >= 11 is 0. The van der Waals surface area contributed by atoms with Crippen LogP contribution in [-0.4, -0.2) is 51.7 Å². The first-order valence-electron chi connectivity index (χ1n) is 15.4. The molecule has 2 N–H and O–H groups in total. The molecule has 1 heterocycles. The summed E-state index contributed by atoms with van der Waals surface area (Å²) < 4.78 is 17.6. The van der Waals surface area contributed by atoms with Crippen LogP contribution in [0, 0.1) is 0 Å². The van der Waals surface area contributed by atoms with E-state index in [-0.39, 0.29) is 13.2 Å². The van der Waals surface area contributed by atoms with E-state index in [9.17, 15) is 9.59 Å². The van der Waals surface area contributed by atoms with Gasteiger partial charge in [-0.3, -0.25) is 0 Å². The van der Waals surface area contributed by atoms with E-state index in [0.29, 0.717) is 19.6 Å². The van der Waals surface area contributed by atoms with Crippen molar-refractivity contribution in [2.75, 3.05) is 33.4 Å². The second-order valence-electron chi connectivity index (χ2n) is 10.3. The Balaban J connectivity index is 1.88. The van der Waals surface area contributed by atoms with Gasteiger partial charge in [-0.25, -0.2) is 14.2 Å². The molecule has 1 rings (SSSR count). The van der Waals surface area contributed by atoms with E-state index in [1.807, 2.05) is 35.2 Å². The van der Waals surface area contributed by atoms with E-state index in [4.69, 9.17) is 14.2 Å². The van der Waals surface area contributed by atoms with Crippen LogP contribution in [0.25, 0.3) is 0 Å². The minimum atomic E-state index is -0.526. The number of rotatable bonds is 25. The molecule has 0 aliphatic rings. The fourth-order valence-electron chi connectivity index (χ4n) is 4.36. The standard InChI is InChI=1S/C31H55N3O5/c1-3-4-5-6-7-8-9-10-11-12-13-14-15-16-17-19-22-32-30(35)38-27-29(37-2)28-39-31(36)33-23-26-34-24-20-18-21-25-34/h18,20-21,24-25,29H,3-17,19,22-23,26-28H2,1-2H3,(H-,32,33,35,36)/p+1. The van der Waals surface area contributed by atoms with Gasteiger partial charge in [-0.05, 0) is 6.42 Å². The van der Waals surface area contributed by atoms with Crippen LogP contribution < -0.4 is 15.2 Å². The number of carbonyl (C=O) groups excluding carboxylic acids is 2. The molecule has 0 saturated carbocycles. The van der Waals surface area contributed by atoms with Crippen molar-refractivity contribution in [3.8, 4) is 0 Å². The number of methoxy groups -OCH3 is 1. The molecule has 8 heteroatoms. The number of ether oxygens (including phenoxy) is 3. The van der Waals surface area contributed by atoms with Crippen molar-refractivity contribution in [2.24, 2.45) is 0 Å². The maximum atomic E-state index is 11.9. The molecule has 0 bridgehead atoms. The van der Waals surface area contributed by atoms with Gasteiger partial charge < -0.3 is 24.8 Å². The number of hydrogen-bond donors (Lipinski definition) is 2. The van der Waals surface area contributed by atoms with Gasteiger partial charge in [-0.2, -0.15) is 0 Å². The second-order valence-corrected chi connectivity index (χ2v) is 10.3. The third kappa shape index (κ3) is 22.2. The fraction of sp³-hybridized carbons (Fsp3) is 0.774. The van der Waals surface area contributed by atoms with Crippen LogP contribution in [0.4, 0.5) is 9.59 Å². The maximum absolute atomic E-state index is 11.9. The number of nitrogens with zero attached hydrogens (tertiary/aromatic N) is 1. The fourth-order valence-corrected chi connectivity index (χ4v) is 4.36. The molecule has 1 atom stereocenters. The molecular weight excluding hydrogens is 494 g/mol. The number of carbonyl (C=O) groups is 2. The van der Waals surface area contributed by atoms with Gasteiger partial charge in [-0.15, -0.1) is 0 Å². The summed E-state index contributed by atoms with van der Waals surface area (Å²) in [6.45, 7) is 4.00. The molecule has 0 aliphatic carbocycles. The highest BCUT2D eigenvalue weighted by atomic mass is 16.6. The highest BCUT2D eigenvalue weighted by Gasteiger charge is 2.14. The zero-order valence-corrected chi connectivity index (χ0v) is 24.8. The average Bonchev–Trinajstić information content (AvgIpc) is 2.95. The van der Waals surface area contributed by atoms with E-state index in [1.54, 1.807) is 0 Å². The molecule has 0 saturated heterocycles. The number of pyridine rings is 1. The Labute approximate surface area is 237 Å². The molecule has 0 spiro atoms. The Hall–Kier alpha value is -2.35. The Kier molecular flexibility index (Phi) is 23.0. The third-order valence-corrected chi connectivity index (χ3v) is 6.85. The Morgan fingerprint density at radius 2 is 1.08 bits per heavy atom. The van der Waals surface area contributed by atoms with Crippen molar-refractivity contribution in [1.82, 2.24) is 10.6 Å². The summed E-state index contributed by atoms with van der Waals surface area (Å²) in [6.07, 6.45) is 23.5. The number of amides is 2. The third-order valence-electron chi connectivity index (χ3n) is 6.85. The largest absolute Gasteiger partial charge is 0.447 e. The van der Waals surface area contributed by atoms with Gasteiger partial charge >= 0.3 is 12.2 Å². The number of aromatic nitrogens is 1. The molecule has 224 valence electrons. The molecule has 1 aromatic heterocycles. The van der Waals surface area contributed by atoms with Gasteiger partial charge in [0, 0.05) is 25.8 Å². The van der Waals surface area contributed by atoms with Gasteiger partial charge in [0.05, 0.1) is 6.54 Å². The molecule has 0 radical (unpaired) electrons. The van der Waals surface area contributed by atoms with Gasteiger partial charge in [0.25, 0.3) is 0 Å². The Bertz CT molecular complexity index is 705. The zero-order chi connectivity index (χ0) is 28.2. The van der Waals surface area contributed by atoms with Gasteiger partial charge in [-0.1, -0.05) is 109 Å². The first kappa shape index (κ1) is 34.7. The normalized spacial score (nSPS) is 11.6. The number of hydrogen-bond acceptors (Lipinski definition) is 5. The summed E-state index contributed by atoms with van der Waals surface area (Å²) in [5.74, 6) is 0. The van der Waals surface area contributed by atoms with Crippen LogP contribution in [0.3, 0.4) is 0 Å². The predicted octanol–water partition coefficient (Wildman–Crippen LogP) is 6.70. The van der Waals surface area contributed by atoms with Gasteiger partial charge in [0.15, 0.2) is 18.9 Å². The topological polar surface area (TPSA) is 89.8 Å². The second kappa shape index (κ2) is 25.9. The van der Waals surface area contributed by atoms with Crippen LogP contribution in [0.15, 0.2) is 30.6 Å². The average molecular weight is 551 g/mol. The highest BCUT2D eigenvalue weighted by molar-refractivity contribution is 5.67. The van der Waals surface area contributed by atoms with Crippen molar-refractivity contribution in [3.63, 3.8) is 0 Å². The molecule has 8 nitrogen and oxygen atoms in total. The van der Waals surface area contributed by atoms with Gasteiger partial charge in [0.2, 0.25) is 0 Å². The summed E-state index contributed by atoms with van der Waals surface area (Å²) in [6, 6.07) is 5.80. The lowest BCUT2D eigenvalue weighted by atomic mass is 10.0. The lowest BCUT2D eigenvalue weighted by Gasteiger charge is -2.16. The Morgan fingerprint density at radius 3 is 1.54 bits per heavy atom. The molecule has 1 aromatic rings. The Morgan fingerprint density at radius 1 is 0.641 bits per heavy atom. The molecule has 0 fully saturated rings. The van der Waals surface area contributed by atoms with E-state index in [2.05, 4.69) is 17.6 Å². The molecule has 39 heavy (non-hydrogen) atoms. The lowest BCUT2D eigenvalue weighted by molar-refractivity contribution is -0.694. The predicted molar refractivity (Wildman–Crippen MR) is 156 cm³/mol. The summed E-state index contributed by atoms with van der Waals surface area (Å²) in [5.41, 5.74) is 0. The lowest BCUT2D eigenvalue weighted by Crippen LogP contribution is -2.40. The monoisotopic (exact) mass is 550 g/mol. The van der Waals surface area contributed by atoms with Crippen LogP contribution in [-0.2, 0) is 20.8 Å². The minimum Gasteiger partial charge on any atom is -0.447 e. The van der Waals surface area contributed by atoms with Crippen molar-refractivity contribution in [1.29, 1.82) is 0 Å². The summed E-state index contributed by atoms with van der Waals surface area (Å²) in [4.78, 5) is 23.8. The van der Waals surface area contributed by atoms with Crippen LogP contribution in [0.5, 0.6) is 0 Å². The van der Waals surface area contributed by atoms with E-state index >= 15 is 0 Å². The first-order valence-corrected chi connectivity index (χ1v) is 15.4. The van der Waals surface area contributed by atoms with Gasteiger partial charge in [0.1, 0.15) is 19.3 Å². The molecule has 0 aromatic carbocycles. The molecule has 0 aliphatic heterocycles. The molecule has 2 amide bonds. The van der Waals surface area contributed by atoms with Crippen molar-refractivity contribution in [2.45, 2.75) is 122 Å². The van der Waals surface area contributed by atoms with E-state index in [0.717, 1.165) is 12.8 Å². The van der Waals surface area contributed by atoms with Crippen LogP contribution in [0.1, 0.15) is 110 Å². The van der Waals surface area contributed by atoms with Crippen molar-refractivity contribution >= 4 is 12.2 Å². The first-order chi connectivity index (χ1) is 19.2. The van der Waals surface area contributed by atoms with E-state index < -0.39 is 18.3 Å². The highest BCUT2D eigenvalue weighted by Crippen LogP contribution is 2.13. The summed E-state index contributed by atoms with van der Waals surface area (Å²) in [7, 11) is 1.50. The number of unbranched alkanes of at least 4 members (excludes halogenated alkanes) is 15. The van der Waals surface area contributed by atoms with Crippen molar-refractivity contribution < 1.29 is 28.4 Å². The van der Waals surface area contributed by atoms with E-state index in [1.165, 1.54) is 97.0 Å². The van der Waals surface area contributed by atoms with Crippen LogP contribution in [0.2, 0.25) is 0 Å². The molecule has 1 unspecified atom stereocenters. The SMILES string of the molecule is CCCCCCCCCCCCCCCCCCNC(=O)OCC(COC(=O)NCC[n+]1ccccc1)OC. The van der Waals surface area contributed by atoms with Crippen LogP contribution >= 0.6 is 0 Å². The number of nitrogens with one attached hydrogen (secondary N) is 2. The smallest absolute Gasteiger partial charge is 0.407 e. The summed E-state index contributed by atoms with van der Waals surface area (Å²) in [5, 5.41) is 5.47. The number of alkyl carbamates (subject to hydrolysis) is 2. The maximum Gasteiger partial charge on any atom is 0.407 e. The van der Waals surface area contributed by atoms with Crippen molar-refractivity contribution in [3.05, 3.63) is 30.6 Å².